The first kappa shape index (κ1) is 38.4. The molecule has 4 aromatic rings. The highest BCUT2D eigenvalue weighted by Crippen LogP contribution is 2.45. The summed E-state index contributed by atoms with van der Waals surface area (Å²) in [6, 6.07) is 19.9. The van der Waals surface area contributed by atoms with Crippen molar-refractivity contribution in [2.75, 3.05) is 39.3 Å². The number of pyridine rings is 1. The maximum atomic E-state index is 13.5. The van der Waals surface area contributed by atoms with E-state index in [9.17, 15) is 14.8 Å². The third-order valence-electron chi connectivity index (χ3n) is 10.9. The average Bonchev–Trinajstić information content (AvgIpc) is 3.59. The van der Waals surface area contributed by atoms with Crippen LogP contribution in [0.15, 0.2) is 67.0 Å². The predicted molar refractivity (Wildman–Crippen MR) is 209 cm³/mol. The number of ether oxygens (including phenoxy) is 3. The molecule has 1 atom stereocenters. The van der Waals surface area contributed by atoms with E-state index < -0.39 is 11.8 Å². The number of likely N-dealkylation sites (tertiary alicyclic amines) is 2. The number of alkyl halides is 1. The van der Waals surface area contributed by atoms with Gasteiger partial charge in [-0.25, -0.2) is 4.39 Å². The highest BCUT2D eigenvalue weighted by molar-refractivity contribution is 6.35. The fourth-order valence-corrected chi connectivity index (χ4v) is 8.23. The molecule has 0 amide bonds. The van der Waals surface area contributed by atoms with E-state index in [-0.39, 0.29) is 12.7 Å². The Balaban J connectivity index is 1.07. The molecule has 0 saturated carbocycles. The maximum Gasteiger partial charge on any atom is 0.142 e. The van der Waals surface area contributed by atoms with Crippen molar-refractivity contribution in [1.82, 2.24) is 14.8 Å². The van der Waals surface area contributed by atoms with Gasteiger partial charge in [0.2, 0.25) is 0 Å². The monoisotopic (exact) mass is 772 g/mol. The minimum absolute atomic E-state index is 0.224. The zero-order chi connectivity index (χ0) is 37.7. The van der Waals surface area contributed by atoms with Gasteiger partial charge < -0.3 is 24.2 Å². The minimum Gasteiger partial charge on any atom is -0.492 e. The summed E-state index contributed by atoms with van der Waals surface area (Å²) >= 11 is 14.0. The van der Waals surface area contributed by atoms with Crippen molar-refractivity contribution < 1.29 is 23.7 Å². The Labute approximate surface area is 327 Å². The summed E-state index contributed by atoms with van der Waals surface area (Å²) in [5.41, 5.74) is 5.78. The minimum atomic E-state index is -0.669. The third kappa shape index (κ3) is 9.30. The fourth-order valence-electron chi connectivity index (χ4n) is 7.72. The highest BCUT2D eigenvalue weighted by atomic mass is 35.5. The van der Waals surface area contributed by atoms with Gasteiger partial charge in [0.05, 0.1) is 27.8 Å². The van der Waals surface area contributed by atoms with Gasteiger partial charge in [0.15, 0.2) is 0 Å². The van der Waals surface area contributed by atoms with Crippen molar-refractivity contribution in [3.05, 3.63) is 105 Å². The van der Waals surface area contributed by atoms with Crippen LogP contribution in [0, 0.1) is 11.3 Å². The van der Waals surface area contributed by atoms with Crippen LogP contribution in [0.1, 0.15) is 79.4 Å². The van der Waals surface area contributed by atoms with Crippen LogP contribution >= 0.6 is 23.2 Å². The van der Waals surface area contributed by atoms with Crippen molar-refractivity contribution in [3.8, 4) is 34.4 Å². The molecule has 54 heavy (non-hydrogen) atoms. The lowest BCUT2D eigenvalue weighted by molar-refractivity contribution is -0.00746. The molecule has 11 heteroatoms. The number of benzene rings is 3. The highest BCUT2D eigenvalue weighted by Gasteiger charge is 2.30. The molecule has 0 unspecified atom stereocenters. The van der Waals surface area contributed by atoms with Crippen molar-refractivity contribution in [2.45, 2.75) is 82.9 Å². The van der Waals surface area contributed by atoms with Gasteiger partial charge in [0, 0.05) is 74.4 Å². The van der Waals surface area contributed by atoms with E-state index >= 15 is 0 Å². The first-order valence-electron chi connectivity index (χ1n) is 19.0. The van der Waals surface area contributed by atoms with Gasteiger partial charge in [-0.15, -0.1) is 0 Å². The van der Waals surface area contributed by atoms with Crippen molar-refractivity contribution >= 4 is 23.2 Å². The Morgan fingerprint density at radius 3 is 2.50 bits per heavy atom. The lowest BCUT2D eigenvalue weighted by Gasteiger charge is -2.36. The number of aliphatic hydroxyl groups is 1. The molecule has 2 aliphatic heterocycles. The number of fused-ring (bicyclic) bond motifs is 1. The third-order valence-corrected chi connectivity index (χ3v) is 11.6. The summed E-state index contributed by atoms with van der Waals surface area (Å²) in [5.74, 6) is 1.84. The van der Waals surface area contributed by atoms with E-state index in [0.717, 1.165) is 79.8 Å². The summed E-state index contributed by atoms with van der Waals surface area (Å²) < 4.78 is 32.8. The molecule has 0 radical (unpaired) electrons. The van der Waals surface area contributed by atoms with Gasteiger partial charge in [-0.1, -0.05) is 53.5 Å². The number of halogens is 3. The molecule has 3 aromatic carbocycles. The van der Waals surface area contributed by atoms with Crippen LogP contribution in [-0.4, -0.2) is 71.0 Å². The summed E-state index contributed by atoms with van der Waals surface area (Å²) in [6.07, 6.45) is 7.38. The second-order valence-electron chi connectivity index (χ2n) is 15.0. The van der Waals surface area contributed by atoms with Crippen LogP contribution in [0.5, 0.6) is 17.2 Å². The summed E-state index contributed by atoms with van der Waals surface area (Å²) in [7, 11) is 0. The Hall–Kier alpha value is -3.91. The second kappa shape index (κ2) is 17.3. The molecule has 3 aliphatic rings. The van der Waals surface area contributed by atoms with E-state index in [0.29, 0.717) is 71.7 Å². The number of rotatable bonds is 13. The number of aromatic nitrogens is 1. The summed E-state index contributed by atoms with van der Waals surface area (Å²) in [4.78, 5) is 8.79. The number of hydrogen-bond donors (Lipinski definition) is 1. The summed E-state index contributed by atoms with van der Waals surface area (Å²) in [6.45, 7) is 7.27. The normalized spacial score (nSPS) is 18.9. The molecule has 0 bridgehead atoms. The lowest BCUT2D eigenvalue weighted by atomic mass is 9.93. The molecule has 8 nitrogen and oxygen atoms in total. The molecule has 2 fully saturated rings. The standard InChI is InChI=1S/C43H47Cl2FN4O4/c1-43(51)13-18-50(19-14-43)27-31-22-37(44)41(23-40(31)53-28-30-21-29(24-47)25-48-26-30)54-38-10-9-34-33(5-2-6-35(34)38)36-7-3-8-39(42(36)45)52-20-4-15-49-16-11-32(46)12-17-49/h2-3,5-8,21-23,25-26,32,38,51H,4,9-20,27-28H2,1H3/t38-/m0/s1. The Kier molecular flexibility index (Phi) is 12.3. The average molecular weight is 774 g/mol. The molecule has 1 N–H and O–H groups in total. The molecule has 7 rings (SSSR count). The molecule has 284 valence electrons. The first-order chi connectivity index (χ1) is 26.2. The van der Waals surface area contributed by atoms with Gasteiger partial charge in [-0.3, -0.25) is 9.88 Å². The number of hydrogen-bond acceptors (Lipinski definition) is 8. The van der Waals surface area contributed by atoms with E-state index in [2.05, 4.69) is 33.0 Å². The van der Waals surface area contributed by atoms with Crippen LogP contribution in [0.4, 0.5) is 4.39 Å². The number of piperidine rings is 2. The molecule has 1 aromatic heterocycles. The zero-order valence-electron chi connectivity index (χ0n) is 30.7. The van der Waals surface area contributed by atoms with Crippen LogP contribution in [-0.2, 0) is 19.6 Å². The predicted octanol–water partition coefficient (Wildman–Crippen LogP) is 9.12. The van der Waals surface area contributed by atoms with Crippen molar-refractivity contribution in [3.63, 3.8) is 0 Å². The fraction of sp³-hybridized carbons (Fsp3) is 0.442. The van der Waals surface area contributed by atoms with E-state index in [1.165, 1.54) is 11.8 Å². The number of nitriles is 1. The lowest BCUT2D eigenvalue weighted by Crippen LogP contribution is -2.42. The quantitative estimate of drug-likeness (QED) is 0.135. The smallest absolute Gasteiger partial charge is 0.142 e. The second-order valence-corrected chi connectivity index (χ2v) is 15.8. The SMILES string of the molecule is CC1(O)CCN(Cc2cc(Cl)c(O[C@H]3CCc4c(-c5cccc(OCCCN6CCC(F)CC6)c5Cl)cccc43)cc2OCc2cncc(C#N)c2)CC1. The molecular formula is C43H47Cl2FN4O4. The largest absolute Gasteiger partial charge is 0.492 e. The van der Waals surface area contributed by atoms with Crippen molar-refractivity contribution in [2.24, 2.45) is 0 Å². The van der Waals surface area contributed by atoms with E-state index in [1.807, 2.05) is 43.3 Å². The van der Waals surface area contributed by atoms with Crippen LogP contribution in [0.3, 0.4) is 0 Å². The Morgan fingerprint density at radius 2 is 1.70 bits per heavy atom. The van der Waals surface area contributed by atoms with E-state index in [1.54, 1.807) is 12.3 Å². The molecule has 0 spiro atoms. The zero-order valence-corrected chi connectivity index (χ0v) is 32.2. The Morgan fingerprint density at radius 1 is 0.926 bits per heavy atom. The topological polar surface area (TPSA) is 91.1 Å². The molecule has 1 aliphatic carbocycles. The Bertz CT molecular complexity index is 1970. The molecule has 2 saturated heterocycles. The molecular weight excluding hydrogens is 726 g/mol. The molecule has 3 heterocycles. The van der Waals surface area contributed by atoms with Gasteiger partial charge in [0.1, 0.15) is 42.2 Å². The van der Waals surface area contributed by atoms with Gasteiger partial charge in [0.25, 0.3) is 0 Å². The maximum absolute atomic E-state index is 13.5. The van der Waals surface area contributed by atoms with E-state index in [4.69, 9.17) is 37.4 Å². The van der Waals surface area contributed by atoms with Gasteiger partial charge >= 0.3 is 0 Å². The first-order valence-corrected chi connectivity index (χ1v) is 19.7. The van der Waals surface area contributed by atoms with Crippen LogP contribution in [0.2, 0.25) is 10.0 Å². The van der Waals surface area contributed by atoms with Crippen LogP contribution < -0.4 is 14.2 Å². The van der Waals surface area contributed by atoms with Crippen molar-refractivity contribution in [1.29, 1.82) is 5.26 Å². The van der Waals surface area contributed by atoms with Gasteiger partial charge in [-0.2, -0.15) is 5.26 Å². The van der Waals surface area contributed by atoms with Gasteiger partial charge in [-0.05, 0) is 86.8 Å². The number of nitrogens with zero attached hydrogens (tertiary/aromatic N) is 4. The van der Waals surface area contributed by atoms with Crippen LogP contribution in [0.25, 0.3) is 11.1 Å². The summed E-state index contributed by atoms with van der Waals surface area (Å²) in [5, 5.41) is 21.0.